The number of rotatable bonds is 4. The van der Waals surface area contributed by atoms with Crippen molar-refractivity contribution in [3.8, 4) is 0 Å². The van der Waals surface area contributed by atoms with Crippen molar-refractivity contribution >= 4 is 21.6 Å². The largest absolute Gasteiger partial charge is 0.303 e. The van der Waals surface area contributed by atoms with Gasteiger partial charge in [-0.1, -0.05) is 34.1 Å². The fraction of sp³-hybridized carbons (Fsp3) is 0.200. The van der Waals surface area contributed by atoms with E-state index in [1.165, 1.54) is 5.56 Å². The lowest BCUT2D eigenvalue weighted by atomic mass is 10.2. The van der Waals surface area contributed by atoms with Crippen LogP contribution in [-0.2, 0) is 6.54 Å². The predicted molar refractivity (Wildman–Crippen MR) is 82.4 cm³/mol. The molecule has 0 aliphatic carbocycles. The van der Waals surface area contributed by atoms with Crippen molar-refractivity contribution in [1.82, 2.24) is 19.9 Å². The molecule has 0 saturated heterocycles. The minimum atomic E-state index is 0.131. The molecule has 0 aliphatic heterocycles. The van der Waals surface area contributed by atoms with Crippen molar-refractivity contribution in [2.75, 3.05) is 0 Å². The van der Waals surface area contributed by atoms with Gasteiger partial charge in [0, 0.05) is 17.2 Å². The van der Waals surface area contributed by atoms with E-state index in [0.717, 1.165) is 22.5 Å². The van der Waals surface area contributed by atoms with E-state index in [-0.39, 0.29) is 6.04 Å². The van der Waals surface area contributed by atoms with Gasteiger partial charge >= 0.3 is 0 Å². The Bertz CT molecular complexity index is 722. The molecule has 0 bridgehead atoms. The minimum Gasteiger partial charge on any atom is -0.303 e. The summed E-state index contributed by atoms with van der Waals surface area (Å²) in [5, 5.41) is 11.9. The highest BCUT2D eigenvalue weighted by atomic mass is 79.9. The lowest BCUT2D eigenvalue weighted by Crippen LogP contribution is -2.20. The molecule has 0 fully saturated rings. The Balaban J connectivity index is 1.75. The highest BCUT2D eigenvalue weighted by Gasteiger charge is 2.12. The monoisotopic (exact) mass is 330 g/mol. The molecule has 1 atom stereocenters. The normalized spacial score (nSPS) is 12.7. The quantitative estimate of drug-likeness (QED) is 0.797. The molecule has 0 saturated carbocycles. The number of nitrogens with zero attached hydrogens (tertiary/aromatic N) is 3. The van der Waals surface area contributed by atoms with Crippen molar-refractivity contribution in [1.29, 1.82) is 0 Å². The third kappa shape index (κ3) is 2.73. The van der Waals surface area contributed by atoms with Gasteiger partial charge in [0.1, 0.15) is 0 Å². The molecule has 1 aromatic carbocycles. The van der Waals surface area contributed by atoms with Gasteiger partial charge in [0.15, 0.2) is 11.5 Å². The molecule has 0 amide bonds. The van der Waals surface area contributed by atoms with E-state index in [2.05, 4.69) is 50.5 Å². The first-order chi connectivity index (χ1) is 9.74. The molecule has 2 aromatic heterocycles. The van der Waals surface area contributed by atoms with Crippen LogP contribution in [0.5, 0.6) is 0 Å². The Morgan fingerprint density at radius 2 is 2.10 bits per heavy atom. The van der Waals surface area contributed by atoms with Gasteiger partial charge in [0.25, 0.3) is 0 Å². The summed E-state index contributed by atoms with van der Waals surface area (Å²) >= 11 is 3.49. The lowest BCUT2D eigenvalue weighted by Gasteiger charge is -2.12. The van der Waals surface area contributed by atoms with Crippen LogP contribution in [0, 0.1) is 0 Å². The van der Waals surface area contributed by atoms with E-state index in [4.69, 9.17) is 0 Å². The third-order valence-electron chi connectivity index (χ3n) is 3.23. The molecule has 2 heterocycles. The molecule has 1 unspecified atom stereocenters. The van der Waals surface area contributed by atoms with E-state index in [1.54, 1.807) is 0 Å². The third-order valence-corrected chi connectivity index (χ3v) is 3.72. The molecule has 1 N–H and O–H groups in total. The van der Waals surface area contributed by atoms with E-state index in [1.807, 2.05) is 40.9 Å². The van der Waals surface area contributed by atoms with Crippen molar-refractivity contribution in [3.63, 3.8) is 0 Å². The van der Waals surface area contributed by atoms with E-state index >= 15 is 0 Å². The molecule has 5 heteroatoms. The second-order valence-corrected chi connectivity index (χ2v) is 5.64. The smallest absolute Gasteiger partial charge is 0.160 e. The van der Waals surface area contributed by atoms with Gasteiger partial charge in [-0.25, -0.2) is 0 Å². The van der Waals surface area contributed by atoms with Crippen LogP contribution in [0.15, 0.2) is 53.1 Å². The minimum absolute atomic E-state index is 0.131. The molecule has 0 spiro atoms. The maximum absolute atomic E-state index is 4.27. The van der Waals surface area contributed by atoms with Crippen LogP contribution in [0.1, 0.15) is 24.4 Å². The molecular formula is C15H15BrN4. The summed E-state index contributed by atoms with van der Waals surface area (Å²) in [5.41, 5.74) is 2.11. The first kappa shape index (κ1) is 13.3. The maximum atomic E-state index is 4.27. The van der Waals surface area contributed by atoms with Crippen LogP contribution in [-0.4, -0.2) is 14.6 Å². The van der Waals surface area contributed by atoms with Crippen molar-refractivity contribution < 1.29 is 0 Å². The van der Waals surface area contributed by atoms with Gasteiger partial charge in [0.2, 0.25) is 0 Å². The summed E-state index contributed by atoms with van der Waals surface area (Å²) in [6.07, 6.45) is 1.99. The Morgan fingerprint density at radius 1 is 1.20 bits per heavy atom. The van der Waals surface area contributed by atoms with Crippen LogP contribution >= 0.6 is 15.9 Å². The molecule has 4 nitrogen and oxygen atoms in total. The van der Waals surface area contributed by atoms with Crippen LogP contribution in [0.4, 0.5) is 0 Å². The van der Waals surface area contributed by atoms with Gasteiger partial charge in [-0.2, -0.15) is 0 Å². The lowest BCUT2D eigenvalue weighted by molar-refractivity contribution is 0.541. The maximum Gasteiger partial charge on any atom is 0.160 e. The molecule has 3 aromatic rings. The van der Waals surface area contributed by atoms with Gasteiger partial charge < -0.3 is 5.32 Å². The molecule has 0 aliphatic rings. The molecule has 20 heavy (non-hydrogen) atoms. The van der Waals surface area contributed by atoms with Crippen molar-refractivity contribution in [2.24, 2.45) is 0 Å². The number of fused-ring (bicyclic) bond motifs is 1. The van der Waals surface area contributed by atoms with Crippen molar-refractivity contribution in [2.45, 2.75) is 19.5 Å². The van der Waals surface area contributed by atoms with Gasteiger partial charge in [0.05, 0.1) is 6.04 Å². The average molecular weight is 331 g/mol. The predicted octanol–water partition coefficient (Wildman–Crippen LogP) is 3.34. The van der Waals surface area contributed by atoms with E-state index < -0.39 is 0 Å². The number of halogens is 1. The number of hydrogen-bond donors (Lipinski definition) is 1. The number of aromatic nitrogens is 3. The fourth-order valence-electron chi connectivity index (χ4n) is 2.16. The highest BCUT2D eigenvalue weighted by Crippen LogP contribution is 2.15. The number of pyridine rings is 1. The first-order valence-electron chi connectivity index (χ1n) is 6.51. The molecule has 0 radical (unpaired) electrons. The van der Waals surface area contributed by atoms with Crippen LogP contribution in [0.25, 0.3) is 5.65 Å². The van der Waals surface area contributed by atoms with E-state index in [9.17, 15) is 0 Å². The summed E-state index contributed by atoms with van der Waals surface area (Å²) in [6, 6.07) is 14.3. The fourth-order valence-corrected chi connectivity index (χ4v) is 2.61. The van der Waals surface area contributed by atoms with Gasteiger partial charge in [-0.05, 0) is 36.8 Å². The number of hydrogen-bond acceptors (Lipinski definition) is 3. The van der Waals surface area contributed by atoms with Crippen LogP contribution < -0.4 is 5.32 Å². The average Bonchev–Trinajstić information content (AvgIpc) is 2.89. The molecule has 3 rings (SSSR count). The van der Waals surface area contributed by atoms with Crippen molar-refractivity contribution in [3.05, 3.63) is 64.5 Å². The highest BCUT2D eigenvalue weighted by molar-refractivity contribution is 9.10. The second kappa shape index (κ2) is 5.73. The summed E-state index contributed by atoms with van der Waals surface area (Å²) in [6.45, 7) is 2.89. The Morgan fingerprint density at radius 3 is 2.95 bits per heavy atom. The van der Waals surface area contributed by atoms with Gasteiger partial charge in [-0.3, -0.25) is 4.40 Å². The van der Waals surface area contributed by atoms with Crippen LogP contribution in [0.3, 0.4) is 0 Å². The molecular weight excluding hydrogens is 316 g/mol. The topological polar surface area (TPSA) is 42.2 Å². The zero-order chi connectivity index (χ0) is 13.9. The van der Waals surface area contributed by atoms with Gasteiger partial charge in [-0.15, -0.1) is 10.2 Å². The Kier molecular flexibility index (Phi) is 3.80. The summed E-state index contributed by atoms with van der Waals surface area (Å²) in [5.74, 6) is 0.926. The van der Waals surface area contributed by atoms with E-state index in [0.29, 0.717) is 0 Å². The first-order valence-corrected chi connectivity index (χ1v) is 7.31. The molecule has 102 valence electrons. The zero-order valence-electron chi connectivity index (χ0n) is 11.1. The number of nitrogens with one attached hydrogen (secondary N) is 1. The summed E-state index contributed by atoms with van der Waals surface area (Å²) < 4.78 is 3.11. The standard InChI is InChI=1S/C15H15BrN4/c1-11(17-10-12-5-4-6-13(16)9-12)15-19-18-14-7-2-3-8-20(14)15/h2-9,11,17H,10H2,1H3. The van der Waals surface area contributed by atoms with Crippen LogP contribution in [0.2, 0.25) is 0 Å². The SMILES string of the molecule is CC(NCc1cccc(Br)c1)c1nnc2ccccn12. The Hall–Kier alpha value is -1.72. The summed E-state index contributed by atoms with van der Waals surface area (Å²) in [7, 11) is 0. The summed E-state index contributed by atoms with van der Waals surface area (Å²) in [4.78, 5) is 0. The number of benzene rings is 1. The second-order valence-electron chi connectivity index (χ2n) is 4.72. The zero-order valence-corrected chi connectivity index (χ0v) is 12.7. The Labute approximate surface area is 126 Å².